The molecule has 0 saturated heterocycles. The fourth-order valence-corrected chi connectivity index (χ4v) is 3.32. The van der Waals surface area contributed by atoms with Crippen molar-refractivity contribution < 1.29 is 14.3 Å². The third-order valence-corrected chi connectivity index (χ3v) is 5.05. The van der Waals surface area contributed by atoms with E-state index in [2.05, 4.69) is 16.7 Å². The zero-order chi connectivity index (χ0) is 18.9. The predicted molar refractivity (Wildman–Crippen MR) is 103 cm³/mol. The molecule has 0 aliphatic carbocycles. The van der Waals surface area contributed by atoms with Crippen LogP contribution < -0.4 is 10.6 Å². The van der Waals surface area contributed by atoms with Gasteiger partial charge in [0.25, 0.3) is 5.91 Å². The van der Waals surface area contributed by atoms with Crippen LogP contribution in [0.1, 0.15) is 26.4 Å². The Morgan fingerprint density at radius 3 is 2.50 bits per heavy atom. The van der Waals surface area contributed by atoms with Gasteiger partial charge < -0.3 is 20.3 Å². The SMILES string of the molecule is CNC(=O)c1ccc(CNC(=O)N(CCOC)Cc2sccc2C)cc1. The van der Waals surface area contributed by atoms with Crippen LogP contribution in [-0.4, -0.2) is 44.1 Å². The van der Waals surface area contributed by atoms with Crippen molar-refractivity contribution in [1.29, 1.82) is 0 Å². The maximum absolute atomic E-state index is 12.6. The number of hydrogen-bond donors (Lipinski definition) is 2. The molecule has 2 aromatic rings. The molecule has 3 amide bonds. The number of methoxy groups -OCH3 is 1. The van der Waals surface area contributed by atoms with E-state index in [0.717, 1.165) is 5.56 Å². The lowest BCUT2D eigenvalue weighted by atomic mass is 10.1. The van der Waals surface area contributed by atoms with E-state index in [1.807, 2.05) is 24.4 Å². The van der Waals surface area contributed by atoms with Crippen LogP contribution in [0.4, 0.5) is 4.79 Å². The van der Waals surface area contributed by atoms with Gasteiger partial charge in [0, 0.05) is 37.7 Å². The van der Waals surface area contributed by atoms with Crippen molar-refractivity contribution in [3.63, 3.8) is 0 Å². The van der Waals surface area contributed by atoms with Crippen LogP contribution >= 0.6 is 11.3 Å². The minimum atomic E-state index is -0.134. The van der Waals surface area contributed by atoms with Gasteiger partial charge in [-0.25, -0.2) is 4.79 Å². The summed E-state index contributed by atoms with van der Waals surface area (Å²) in [6.07, 6.45) is 0. The molecule has 0 unspecified atom stereocenters. The molecular weight excluding hydrogens is 350 g/mol. The number of nitrogens with one attached hydrogen (secondary N) is 2. The van der Waals surface area contributed by atoms with E-state index in [0.29, 0.717) is 31.8 Å². The standard InChI is InChI=1S/C19H25N3O3S/c1-14-8-11-26-17(14)13-22(9-10-25-3)19(24)21-12-15-4-6-16(7-5-15)18(23)20-2/h4-8,11H,9-10,12-13H2,1-3H3,(H,20,23)(H,21,24). The van der Waals surface area contributed by atoms with Gasteiger partial charge in [0.05, 0.1) is 13.2 Å². The Labute approximate surface area is 158 Å². The zero-order valence-electron chi connectivity index (χ0n) is 15.4. The van der Waals surface area contributed by atoms with Crippen molar-refractivity contribution in [3.05, 3.63) is 57.3 Å². The third-order valence-electron chi connectivity index (χ3n) is 4.04. The Balaban J connectivity index is 1.95. The van der Waals surface area contributed by atoms with Crippen LogP contribution in [-0.2, 0) is 17.8 Å². The van der Waals surface area contributed by atoms with E-state index in [1.54, 1.807) is 42.5 Å². The van der Waals surface area contributed by atoms with E-state index in [-0.39, 0.29) is 11.9 Å². The van der Waals surface area contributed by atoms with Crippen molar-refractivity contribution in [2.24, 2.45) is 0 Å². The lowest BCUT2D eigenvalue weighted by Gasteiger charge is -2.22. The fourth-order valence-electron chi connectivity index (χ4n) is 2.40. The second kappa shape index (κ2) is 9.94. The van der Waals surface area contributed by atoms with Gasteiger partial charge in [-0.1, -0.05) is 12.1 Å². The number of urea groups is 1. The van der Waals surface area contributed by atoms with Gasteiger partial charge in [0.15, 0.2) is 0 Å². The Bertz CT molecular complexity index is 728. The lowest BCUT2D eigenvalue weighted by Crippen LogP contribution is -2.40. The highest BCUT2D eigenvalue weighted by molar-refractivity contribution is 7.10. The highest BCUT2D eigenvalue weighted by atomic mass is 32.1. The van der Waals surface area contributed by atoms with Gasteiger partial charge >= 0.3 is 6.03 Å². The third kappa shape index (κ3) is 5.57. The van der Waals surface area contributed by atoms with E-state index < -0.39 is 0 Å². The molecule has 26 heavy (non-hydrogen) atoms. The van der Waals surface area contributed by atoms with E-state index in [1.165, 1.54) is 10.4 Å². The Morgan fingerprint density at radius 2 is 1.92 bits per heavy atom. The van der Waals surface area contributed by atoms with Crippen LogP contribution in [0.5, 0.6) is 0 Å². The van der Waals surface area contributed by atoms with Crippen molar-refractivity contribution >= 4 is 23.3 Å². The molecule has 1 aromatic heterocycles. The highest BCUT2D eigenvalue weighted by Gasteiger charge is 2.15. The monoisotopic (exact) mass is 375 g/mol. The second-order valence-corrected chi connectivity index (χ2v) is 6.88. The average Bonchev–Trinajstić information content (AvgIpc) is 3.07. The summed E-state index contributed by atoms with van der Waals surface area (Å²) in [5.41, 5.74) is 2.72. The molecule has 7 heteroatoms. The Morgan fingerprint density at radius 1 is 1.19 bits per heavy atom. The summed E-state index contributed by atoms with van der Waals surface area (Å²) in [5.74, 6) is -0.127. The first-order valence-electron chi connectivity index (χ1n) is 8.41. The van der Waals surface area contributed by atoms with Crippen molar-refractivity contribution in [2.45, 2.75) is 20.0 Å². The topological polar surface area (TPSA) is 70.7 Å². The number of benzene rings is 1. The maximum Gasteiger partial charge on any atom is 0.318 e. The first-order valence-corrected chi connectivity index (χ1v) is 9.28. The largest absolute Gasteiger partial charge is 0.383 e. The molecule has 0 fully saturated rings. The summed E-state index contributed by atoms with van der Waals surface area (Å²) in [6.45, 7) is 4.02. The van der Waals surface area contributed by atoms with Crippen LogP contribution in [0.25, 0.3) is 0 Å². The normalized spacial score (nSPS) is 10.4. The van der Waals surface area contributed by atoms with Gasteiger partial charge in [-0.05, 0) is 41.6 Å². The van der Waals surface area contributed by atoms with Gasteiger partial charge in [-0.3, -0.25) is 4.79 Å². The minimum Gasteiger partial charge on any atom is -0.383 e. The number of nitrogens with zero attached hydrogens (tertiary/aromatic N) is 1. The average molecular weight is 375 g/mol. The number of aryl methyl sites for hydroxylation is 1. The van der Waals surface area contributed by atoms with E-state index >= 15 is 0 Å². The summed E-state index contributed by atoms with van der Waals surface area (Å²) < 4.78 is 5.12. The molecule has 0 atom stereocenters. The summed E-state index contributed by atoms with van der Waals surface area (Å²) in [5, 5.41) is 7.56. The first-order chi connectivity index (χ1) is 12.5. The van der Waals surface area contributed by atoms with Crippen molar-refractivity contribution in [2.75, 3.05) is 27.3 Å². The summed E-state index contributed by atoms with van der Waals surface area (Å²) in [7, 11) is 3.22. The fraction of sp³-hybridized carbons (Fsp3) is 0.368. The number of thiophene rings is 1. The number of carbonyl (C=O) groups excluding carboxylic acids is 2. The van der Waals surface area contributed by atoms with Crippen molar-refractivity contribution in [3.8, 4) is 0 Å². The molecule has 1 aromatic carbocycles. The van der Waals surface area contributed by atoms with Gasteiger partial charge in [-0.15, -0.1) is 11.3 Å². The van der Waals surface area contributed by atoms with Gasteiger partial charge in [-0.2, -0.15) is 0 Å². The quantitative estimate of drug-likeness (QED) is 0.745. The van der Waals surface area contributed by atoms with Crippen molar-refractivity contribution in [1.82, 2.24) is 15.5 Å². The zero-order valence-corrected chi connectivity index (χ0v) is 16.2. The number of ether oxygens (including phenoxy) is 1. The van der Waals surface area contributed by atoms with E-state index in [4.69, 9.17) is 4.74 Å². The first kappa shape index (κ1) is 19.9. The Hall–Kier alpha value is -2.38. The lowest BCUT2D eigenvalue weighted by molar-refractivity contribution is 0.0963. The number of rotatable bonds is 8. The summed E-state index contributed by atoms with van der Waals surface area (Å²) in [4.78, 5) is 27.1. The summed E-state index contributed by atoms with van der Waals surface area (Å²) >= 11 is 1.65. The molecule has 1 heterocycles. The molecule has 0 aliphatic rings. The molecule has 140 valence electrons. The molecule has 0 saturated carbocycles. The van der Waals surface area contributed by atoms with Crippen LogP contribution in [0.2, 0.25) is 0 Å². The minimum absolute atomic E-state index is 0.127. The number of carbonyl (C=O) groups is 2. The van der Waals surface area contributed by atoms with Crippen LogP contribution in [0.15, 0.2) is 35.7 Å². The Kier molecular flexibility index (Phi) is 7.62. The van der Waals surface area contributed by atoms with Crippen LogP contribution in [0.3, 0.4) is 0 Å². The molecule has 0 aliphatic heterocycles. The smallest absolute Gasteiger partial charge is 0.318 e. The summed E-state index contributed by atoms with van der Waals surface area (Å²) in [6, 6.07) is 9.10. The molecule has 6 nitrogen and oxygen atoms in total. The predicted octanol–water partition coefficient (Wildman–Crippen LogP) is 2.77. The second-order valence-electron chi connectivity index (χ2n) is 5.88. The van der Waals surface area contributed by atoms with Gasteiger partial charge in [0.2, 0.25) is 0 Å². The molecular formula is C19H25N3O3S. The number of amides is 3. The highest BCUT2D eigenvalue weighted by Crippen LogP contribution is 2.18. The van der Waals surface area contributed by atoms with Gasteiger partial charge in [0.1, 0.15) is 0 Å². The molecule has 2 N–H and O–H groups in total. The molecule has 2 rings (SSSR count). The maximum atomic E-state index is 12.6. The van der Waals surface area contributed by atoms with Crippen LogP contribution in [0, 0.1) is 6.92 Å². The molecule has 0 spiro atoms. The van der Waals surface area contributed by atoms with E-state index in [9.17, 15) is 9.59 Å². The molecule has 0 radical (unpaired) electrons. The number of hydrogen-bond acceptors (Lipinski definition) is 4. The molecule has 0 bridgehead atoms.